The third kappa shape index (κ3) is 2.42. The highest BCUT2D eigenvalue weighted by atomic mass is 16.3. The summed E-state index contributed by atoms with van der Waals surface area (Å²) < 4.78 is 0. The lowest BCUT2D eigenvalue weighted by Gasteiger charge is -2.23. The topological polar surface area (TPSA) is 32.3 Å². The number of anilines is 1. The predicted molar refractivity (Wildman–Crippen MR) is 78.2 cm³/mol. The van der Waals surface area contributed by atoms with E-state index in [1.807, 2.05) is 24.3 Å². The molecule has 2 rings (SSSR count). The van der Waals surface area contributed by atoms with Crippen molar-refractivity contribution in [2.75, 3.05) is 5.32 Å². The van der Waals surface area contributed by atoms with Gasteiger partial charge in [-0.15, -0.1) is 0 Å². The molecule has 1 unspecified atom stereocenters. The van der Waals surface area contributed by atoms with Crippen LogP contribution in [0.4, 0.5) is 5.69 Å². The number of aromatic hydroxyl groups is 1. The molecule has 0 bridgehead atoms. The van der Waals surface area contributed by atoms with Crippen molar-refractivity contribution in [2.45, 2.75) is 33.2 Å². The summed E-state index contributed by atoms with van der Waals surface area (Å²) in [5, 5.41) is 15.4. The Balaban J connectivity index is 2.42. The Kier molecular flexibility index (Phi) is 3.75. The molecule has 2 heteroatoms. The average Bonchev–Trinajstić information content (AvgIpc) is 2.36. The Bertz CT molecular complexity index is 534. The molecule has 0 aliphatic heterocycles. The predicted octanol–water partition coefficient (Wildman–Crippen LogP) is 4.39. The Morgan fingerprint density at radius 2 is 1.72 bits per heavy atom. The van der Waals surface area contributed by atoms with Crippen LogP contribution in [0.3, 0.4) is 0 Å². The summed E-state index contributed by atoms with van der Waals surface area (Å²) >= 11 is 0. The molecular formula is C16H21NO. The number of nitrogens with one attached hydrogen (secondary N) is 1. The monoisotopic (exact) mass is 243 g/mol. The van der Waals surface area contributed by atoms with Crippen LogP contribution in [0.15, 0.2) is 36.4 Å². The van der Waals surface area contributed by atoms with Gasteiger partial charge >= 0.3 is 0 Å². The highest BCUT2D eigenvalue weighted by Crippen LogP contribution is 2.30. The molecule has 0 aromatic heterocycles. The summed E-state index contributed by atoms with van der Waals surface area (Å²) in [6, 6.07) is 12.1. The fraction of sp³-hybridized carbons (Fsp3) is 0.375. The fourth-order valence-corrected chi connectivity index (χ4v) is 2.36. The highest BCUT2D eigenvalue weighted by Gasteiger charge is 2.12. The molecule has 0 radical (unpaired) electrons. The fourth-order valence-electron chi connectivity index (χ4n) is 2.36. The molecule has 1 atom stereocenters. The Hall–Kier alpha value is -1.70. The van der Waals surface area contributed by atoms with Gasteiger partial charge in [0.15, 0.2) is 0 Å². The maximum Gasteiger partial charge on any atom is 0.123 e. The minimum absolute atomic E-state index is 0.341. The van der Waals surface area contributed by atoms with Crippen molar-refractivity contribution in [3.8, 4) is 5.75 Å². The van der Waals surface area contributed by atoms with Gasteiger partial charge in [-0.3, -0.25) is 0 Å². The first-order valence-electron chi connectivity index (χ1n) is 6.60. The molecule has 0 aliphatic rings. The number of hydrogen-bond acceptors (Lipinski definition) is 2. The molecule has 18 heavy (non-hydrogen) atoms. The molecule has 96 valence electrons. The summed E-state index contributed by atoms with van der Waals surface area (Å²) in [7, 11) is 0. The van der Waals surface area contributed by atoms with Crippen LogP contribution in [-0.4, -0.2) is 11.1 Å². The van der Waals surface area contributed by atoms with E-state index >= 15 is 0 Å². The lowest BCUT2D eigenvalue weighted by Crippen LogP contribution is -2.24. The van der Waals surface area contributed by atoms with Crippen molar-refractivity contribution in [3.63, 3.8) is 0 Å². The van der Waals surface area contributed by atoms with Gasteiger partial charge < -0.3 is 10.4 Å². The van der Waals surface area contributed by atoms with E-state index in [2.05, 4.69) is 32.2 Å². The van der Waals surface area contributed by atoms with Gasteiger partial charge in [-0.05, 0) is 24.5 Å². The molecule has 2 aromatic carbocycles. The SMILES string of the molecule is CCC(Nc1cccc2c(O)cccc12)C(C)C. The van der Waals surface area contributed by atoms with Gasteiger partial charge in [0.2, 0.25) is 0 Å². The lowest BCUT2D eigenvalue weighted by atomic mass is 10.0. The largest absolute Gasteiger partial charge is 0.507 e. The van der Waals surface area contributed by atoms with Gasteiger partial charge in [-0.1, -0.05) is 45.0 Å². The first-order valence-corrected chi connectivity index (χ1v) is 6.60. The van der Waals surface area contributed by atoms with Gasteiger partial charge in [0.1, 0.15) is 5.75 Å². The number of benzene rings is 2. The molecule has 0 heterocycles. The van der Waals surface area contributed by atoms with E-state index < -0.39 is 0 Å². The van der Waals surface area contributed by atoms with Gasteiger partial charge in [-0.2, -0.15) is 0 Å². The Morgan fingerprint density at radius 3 is 2.39 bits per heavy atom. The molecule has 0 saturated carbocycles. The van der Waals surface area contributed by atoms with Crippen LogP contribution < -0.4 is 5.32 Å². The summed E-state index contributed by atoms with van der Waals surface area (Å²) in [6.45, 7) is 6.65. The van der Waals surface area contributed by atoms with Gasteiger partial charge in [0.05, 0.1) is 0 Å². The average molecular weight is 243 g/mol. The summed E-state index contributed by atoms with van der Waals surface area (Å²) in [6.07, 6.45) is 1.09. The van der Waals surface area contributed by atoms with Crippen molar-refractivity contribution in [1.82, 2.24) is 0 Å². The maximum atomic E-state index is 9.87. The van der Waals surface area contributed by atoms with Gasteiger partial charge in [0, 0.05) is 22.5 Å². The highest BCUT2D eigenvalue weighted by molar-refractivity contribution is 5.97. The van der Waals surface area contributed by atoms with Crippen molar-refractivity contribution < 1.29 is 5.11 Å². The maximum absolute atomic E-state index is 9.87. The number of hydrogen-bond donors (Lipinski definition) is 2. The standard InChI is InChI=1S/C16H21NO/c1-4-14(11(2)3)17-15-9-5-8-13-12(15)7-6-10-16(13)18/h5-11,14,17-18H,4H2,1-3H3. The zero-order chi connectivity index (χ0) is 13.1. The molecule has 2 aromatic rings. The first kappa shape index (κ1) is 12.7. The second kappa shape index (κ2) is 5.30. The van der Waals surface area contributed by atoms with Crippen LogP contribution in [0.1, 0.15) is 27.2 Å². The number of rotatable bonds is 4. The first-order chi connectivity index (χ1) is 8.63. The van der Waals surface area contributed by atoms with Crippen LogP contribution in [0.25, 0.3) is 10.8 Å². The molecular weight excluding hydrogens is 222 g/mol. The molecule has 0 amide bonds. The Labute approximate surface area is 109 Å². The van der Waals surface area contributed by atoms with Crippen LogP contribution >= 0.6 is 0 Å². The van der Waals surface area contributed by atoms with Crippen molar-refractivity contribution >= 4 is 16.5 Å². The molecule has 0 aliphatic carbocycles. The van der Waals surface area contributed by atoms with E-state index in [4.69, 9.17) is 0 Å². The molecule has 0 saturated heterocycles. The van der Waals surface area contributed by atoms with Crippen molar-refractivity contribution in [3.05, 3.63) is 36.4 Å². The van der Waals surface area contributed by atoms with Crippen LogP contribution in [-0.2, 0) is 0 Å². The van der Waals surface area contributed by atoms with Crippen LogP contribution in [0.5, 0.6) is 5.75 Å². The number of phenolic OH excluding ortho intramolecular Hbond substituents is 1. The van der Waals surface area contributed by atoms with Gasteiger partial charge in [0.25, 0.3) is 0 Å². The quantitative estimate of drug-likeness (QED) is 0.834. The third-order valence-corrected chi connectivity index (χ3v) is 3.48. The second-order valence-electron chi connectivity index (χ2n) is 5.08. The summed E-state index contributed by atoms with van der Waals surface area (Å²) in [5.74, 6) is 0.927. The van der Waals surface area contributed by atoms with E-state index in [0.717, 1.165) is 22.9 Å². The molecule has 0 fully saturated rings. The summed E-state index contributed by atoms with van der Waals surface area (Å²) in [5.41, 5.74) is 1.10. The van der Waals surface area contributed by atoms with E-state index in [1.165, 1.54) is 0 Å². The number of phenols is 1. The second-order valence-corrected chi connectivity index (χ2v) is 5.08. The van der Waals surface area contributed by atoms with E-state index in [9.17, 15) is 5.11 Å². The van der Waals surface area contributed by atoms with Crippen molar-refractivity contribution in [1.29, 1.82) is 0 Å². The van der Waals surface area contributed by atoms with E-state index in [1.54, 1.807) is 6.07 Å². The normalized spacial score (nSPS) is 12.9. The van der Waals surface area contributed by atoms with Crippen LogP contribution in [0, 0.1) is 5.92 Å². The number of fused-ring (bicyclic) bond motifs is 1. The van der Waals surface area contributed by atoms with E-state index in [0.29, 0.717) is 17.7 Å². The zero-order valence-corrected chi connectivity index (χ0v) is 11.3. The third-order valence-electron chi connectivity index (χ3n) is 3.48. The molecule has 0 spiro atoms. The van der Waals surface area contributed by atoms with E-state index in [-0.39, 0.29) is 0 Å². The molecule has 2 nitrogen and oxygen atoms in total. The van der Waals surface area contributed by atoms with Gasteiger partial charge in [-0.25, -0.2) is 0 Å². The zero-order valence-electron chi connectivity index (χ0n) is 11.3. The van der Waals surface area contributed by atoms with Crippen LogP contribution in [0.2, 0.25) is 0 Å². The summed E-state index contributed by atoms with van der Waals surface area (Å²) in [4.78, 5) is 0. The Morgan fingerprint density at radius 1 is 1.06 bits per heavy atom. The smallest absolute Gasteiger partial charge is 0.123 e. The minimum Gasteiger partial charge on any atom is -0.507 e. The molecule has 2 N–H and O–H groups in total. The lowest BCUT2D eigenvalue weighted by molar-refractivity contribution is 0.481. The minimum atomic E-state index is 0.341. The van der Waals surface area contributed by atoms with Crippen molar-refractivity contribution in [2.24, 2.45) is 5.92 Å².